The normalized spacial score (nSPS) is 20.6. The summed E-state index contributed by atoms with van der Waals surface area (Å²) in [7, 11) is 2.00. The lowest BCUT2D eigenvalue weighted by molar-refractivity contribution is -0.120. The van der Waals surface area contributed by atoms with Gasteiger partial charge in [0.05, 0.1) is 19.1 Å². The van der Waals surface area contributed by atoms with Gasteiger partial charge in [0.15, 0.2) is 0 Å². The lowest BCUT2D eigenvalue weighted by Gasteiger charge is -2.29. The van der Waals surface area contributed by atoms with Gasteiger partial charge in [-0.25, -0.2) is 4.98 Å². The molecule has 0 aromatic carbocycles. The zero-order valence-electron chi connectivity index (χ0n) is 10.3. The molecule has 0 saturated carbocycles. The number of likely N-dealkylation sites (N-methyl/N-ethyl adjacent to an activating group) is 1. The molecule has 98 valence electrons. The largest absolute Gasteiger partial charge is 0.508 e. The van der Waals surface area contributed by atoms with Crippen LogP contribution in [0.3, 0.4) is 0 Å². The Kier molecular flexibility index (Phi) is 4.11. The Bertz CT molecular complexity index is 425. The van der Waals surface area contributed by atoms with Crippen LogP contribution in [0.5, 0.6) is 5.75 Å². The predicted octanol–water partition coefficient (Wildman–Crippen LogP) is 0.446. The number of nitrogens with zero attached hydrogens (tertiary/aromatic N) is 2. The molecule has 1 aromatic heterocycles. The number of ether oxygens (including phenoxy) is 1. The molecule has 2 rings (SSSR count). The van der Waals surface area contributed by atoms with Crippen LogP contribution in [-0.2, 0) is 9.53 Å². The zero-order chi connectivity index (χ0) is 13.0. The summed E-state index contributed by atoms with van der Waals surface area (Å²) in [6.07, 6.45) is 1.65. The molecule has 1 aliphatic rings. The van der Waals surface area contributed by atoms with Crippen LogP contribution in [0.25, 0.3) is 0 Å². The van der Waals surface area contributed by atoms with Gasteiger partial charge in [-0.15, -0.1) is 0 Å². The number of aromatic hydroxyl groups is 1. The highest BCUT2D eigenvalue weighted by Crippen LogP contribution is 2.13. The first-order chi connectivity index (χ1) is 8.63. The minimum Gasteiger partial charge on any atom is -0.508 e. The highest BCUT2D eigenvalue weighted by Gasteiger charge is 2.20. The predicted molar refractivity (Wildman–Crippen MR) is 66.4 cm³/mol. The molecule has 1 saturated heterocycles. The van der Waals surface area contributed by atoms with Gasteiger partial charge < -0.3 is 20.1 Å². The van der Waals surface area contributed by atoms with Gasteiger partial charge in [-0.1, -0.05) is 0 Å². The van der Waals surface area contributed by atoms with E-state index in [0.29, 0.717) is 18.8 Å². The molecule has 0 radical (unpaired) electrons. The van der Waals surface area contributed by atoms with Crippen molar-refractivity contribution < 1.29 is 14.6 Å². The second kappa shape index (κ2) is 5.79. The Morgan fingerprint density at radius 1 is 1.72 bits per heavy atom. The third kappa shape index (κ3) is 3.68. The monoisotopic (exact) mass is 251 g/mol. The number of pyridine rings is 1. The van der Waals surface area contributed by atoms with Crippen LogP contribution >= 0.6 is 0 Å². The van der Waals surface area contributed by atoms with E-state index in [1.54, 1.807) is 0 Å². The summed E-state index contributed by atoms with van der Waals surface area (Å²) in [6.45, 7) is 2.30. The minimum absolute atomic E-state index is 0.0777. The Labute approximate surface area is 106 Å². The Morgan fingerprint density at radius 3 is 3.28 bits per heavy atom. The van der Waals surface area contributed by atoms with E-state index in [4.69, 9.17) is 4.74 Å². The zero-order valence-corrected chi connectivity index (χ0v) is 10.3. The number of amides is 1. The summed E-state index contributed by atoms with van der Waals surface area (Å²) < 4.78 is 5.51. The molecule has 1 unspecified atom stereocenters. The fourth-order valence-corrected chi connectivity index (χ4v) is 1.88. The van der Waals surface area contributed by atoms with Crippen LogP contribution in [-0.4, -0.2) is 53.7 Å². The standard InChI is InChI=1S/C12H17N3O3/c1-15-4-5-18-10(8-15)7-12(17)14-11-6-9(16)2-3-13-11/h2-3,6,10H,4-5,7-8H2,1H3,(H2,13,14,16,17). The van der Waals surface area contributed by atoms with Crippen LogP contribution in [0.15, 0.2) is 18.3 Å². The molecule has 18 heavy (non-hydrogen) atoms. The number of hydrogen-bond acceptors (Lipinski definition) is 5. The number of morpholine rings is 1. The average molecular weight is 251 g/mol. The van der Waals surface area contributed by atoms with E-state index >= 15 is 0 Å². The molecule has 0 aliphatic carbocycles. The number of anilines is 1. The van der Waals surface area contributed by atoms with Gasteiger partial charge in [0, 0.05) is 25.4 Å². The first kappa shape index (κ1) is 12.8. The van der Waals surface area contributed by atoms with E-state index in [2.05, 4.69) is 15.2 Å². The number of carbonyl (C=O) groups is 1. The van der Waals surface area contributed by atoms with Gasteiger partial charge in [0.1, 0.15) is 11.6 Å². The van der Waals surface area contributed by atoms with Crippen molar-refractivity contribution in [1.29, 1.82) is 0 Å². The molecule has 1 amide bonds. The fraction of sp³-hybridized carbons (Fsp3) is 0.500. The molecule has 1 aromatic rings. The molecular formula is C12H17N3O3. The molecule has 0 spiro atoms. The Hall–Kier alpha value is -1.66. The molecule has 2 N–H and O–H groups in total. The van der Waals surface area contributed by atoms with Crippen LogP contribution < -0.4 is 5.32 Å². The van der Waals surface area contributed by atoms with E-state index in [0.717, 1.165) is 13.1 Å². The summed E-state index contributed by atoms with van der Waals surface area (Å²) >= 11 is 0. The third-order valence-corrected chi connectivity index (χ3v) is 2.77. The third-order valence-electron chi connectivity index (χ3n) is 2.77. The maximum Gasteiger partial charge on any atom is 0.228 e. The quantitative estimate of drug-likeness (QED) is 0.815. The molecule has 6 nitrogen and oxygen atoms in total. The highest BCUT2D eigenvalue weighted by atomic mass is 16.5. The van der Waals surface area contributed by atoms with Crippen molar-refractivity contribution >= 4 is 11.7 Å². The van der Waals surface area contributed by atoms with Crippen molar-refractivity contribution in [3.63, 3.8) is 0 Å². The van der Waals surface area contributed by atoms with Crippen LogP contribution in [0.2, 0.25) is 0 Å². The van der Waals surface area contributed by atoms with Crippen molar-refractivity contribution in [3.8, 4) is 5.75 Å². The molecule has 1 atom stereocenters. The average Bonchev–Trinajstić information content (AvgIpc) is 2.28. The highest BCUT2D eigenvalue weighted by molar-refractivity contribution is 5.90. The smallest absolute Gasteiger partial charge is 0.228 e. The second-order valence-electron chi connectivity index (χ2n) is 4.41. The summed E-state index contributed by atoms with van der Waals surface area (Å²) in [6, 6.07) is 2.86. The van der Waals surface area contributed by atoms with Crippen LogP contribution in [0.1, 0.15) is 6.42 Å². The van der Waals surface area contributed by atoms with Crippen LogP contribution in [0, 0.1) is 0 Å². The van der Waals surface area contributed by atoms with E-state index in [1.165, 1.54) is 18.3 Å². The maximum atomic E-state index is 11.8. The van der Waals surface area contributed by atoms with Gasteiger partial charge in [-0.2, -0.15) is 0 Å². The minimum atomic E-state index is -0.159. The summed E-state index contributed by atoms with van der Waals surface area (Å²) in [5.74, 6) is 0.270. The number of hydrogen-bond donors (Lipinski definition) is 2. The molecule has 6 heteroatoms. The van der Waals surface area contributed by atoms with Gasteiger partial charge in [-0.3, -0.25) is 4.79 Å². The molecule has 1 aliphatic heterocycles. The lowest BCUT2D eigenvalue weighted by atomic mass is 10.2. The van der Waals surface area contributed by atoms with Gasteiger partial charge in [-0.05, 0) is 13.1 Å². The first-order valence-corrected chi connectivity index (χ1v) is 5.88. The summed E-state index contributed by atoms with van der Waals surface area (Å²) in [4.78, 5) is 17.8. The van der Waals surface area contributed by atoms with Crippen molar-refractivity contribution in [2.24, 2.45) is 0 Å². The molecule has 0 bridgehead atoms. The Morgan fingerprint density at radius 2 is 2.56 bits per heavy atom. The van der Waals surface area contributed by atoms with Crippen molar-refractivity contribution in [1.82, 2.24) is 9.88 Å². The van der Waals surface area contributed by atoms with E-state index < -0.39 is 0 Å². The van der Waals surface area contributed by atoms with E-state index in [9.17, 15) is 9.90 Å². The molecule has 2 heterocycles. The summed E-state index contributed by atoms with van der Waals surface area (Å²) in [5, 5.41) is 11.9. The van der Waals surface area contributed by atoms with Gasteiger partial charge >= 0.3 is 0 Å². The van der Waals surface area contributed by atoms with Gasteiger partial charge in [0.25, 0.3) is 0 Å². The first-order valence-electron chi connectivity index (χ1n) is 5.88. The Balaban J connectivity index is 1.85. The summed E-state index contributed by atoms with van der Waals surface area (Å²) in [5.41, 5.74) is 0. The second-order valence-corrected chi connectivity index (χ2v) is 4.41. The number of carbonyl (C=O) groups excluding carboxylic acids is 1. The number of aromatic nitrogens is 1. The van der Waals surface area contributed by atoms with Crippen LogP contribution in [0.4, 0.5) is 5.82 Å². The topological polar surface area (TPSA) is 74.7 Å². The fourth-order valence-electron chi connectivity index (χ4n) is 1.88. The number of rotatable bonds is 3. The maximum absolute atomic E-state index is 11.8. The van der Waals surface area contributed by atoms with E-state index in [-0.39, 0.29) is 17.8 Å². The van der Waals surface area contributed by atoms with Crippen molar-refractivity contribution in [3.05, 3.63) is 18.3 Å². The molecular weight excluding hydrogens is 234 g/mol. The lowest BCUT2D eigenvalue weighted by Crippen LogP contribution is -2.41. The van der Waals surface area contributed by atoms with E-state index in [1.807, 2.05) is 7.05 Å². The molecule has 1 fully saturated rings. The van der Waals surface area contributed by atoms with Crippen molar-refractivity contribution in [2.75, 3.05) is 32.1 Å². The van der Waals surface area contributed by atoms with Crippen molar-refractivity contribution in [2.45, 2.75) is 12.5 Å². The number of nitrogens with one attached hydrogen (secondary N) is 1. The SMILES string of the molecule is CN1CCOC(CC(=O)Nc2cc(O)ccn2)C1. The van der Waals surface area contributed by atoms with Gasteiger partial charge in [0.2, 0.25) is 5.91 Å².